The van der Waals surface area contributed by atoms with Gasteiger partial charge < -0.3 is 10.2 Å². The Labute approximate surface area is 80.0 Å². The van der Waals surface area contributed by atoms with Gasteiger partial charge in [-0.2, -0.15) is 0 Å². The average Bonchev–Trinajstić information content (AvgIpc) is 1.96. The summed E-state index contributed by atoms with van der Waals surface area (Å²) in [5.74, 6) is -0.123. The summed E-state index contributed by atoms with van der Waals surface area (Å²) >= 11 is 3.41. The lowest BCUT2D eigenvalue weighted by Crippen LogP contribution is -1.95. The summed E-state index contributed by atoms with van der Waals surface area (Å²) in [6.45, 7) is 2.03. The Morgan fingerprint density at radius 1 is 1.33 bits per heavy atom. The zero-order valence-corrected chi connectivity index (χ0v) is 8.37. The summed E-state index contributed by atoms with van der Waals surface area (Å²) in [5.41, 5.74) is 1.01. The second-order valence-corrected chi connectivity index (χ2v) is 4.37. The van der Waals surface area contributed by atoms with Crippen LogP contribution >= 0.6 is 15.9 Å². The summed E-state index contributed by atoms with van der Waals surface area (Å²) in [6.07, 6.45) is 0.841. The minimum absolute atomic E-state index is 0.0550. The fourth-order valence-corrected chi connectivity index (χ4v) is 1.39. The van der Waals surface area contributed by atoms with E-state index in [1.54, 1.807) is 12.1 Å². The standard InChI is InChI=1S/C9H11BrO2/c1-6(10)4-7-2-3-8(11)9(12)5-7/h2-3,5-6,11-12H,4H2,1H3/t6-/m0/s1. The summed E-state index contributed by atoms with van der Waals surface area (Å²) < 4.78 is 0. The molecule has 0 radical (unpaired) electrons. The minimum atomic E-state index is -0.0685. The molecule has 0 saturated carbocycles. The van der Waals surface area contributed by atoms with Gasteiger partial charge in [-0.15, -0.1) is 0 Å². The van der Waals surface area contributed by atoms with Gasteiger partial charge in [0.25, 0.3) is 0 Å². The van der Waals surface area contributed by atoms with Crippen LogP contribution in [0, 0.1) is 0 Å². The van der Waals surface area contributed by atoms with Crippen LogP contribution in [0.1, 0.15) is 12.5 Å². The molecule has 0 fully saturated rings. The van der Waals surface area contributed by atoms with E-state index in [2.05, 4.69) is 15.9 Å². The van der Waals surface area contributed by atoms with Crippen molar-refractivity contribution in [2.75, 3.05) is 0 Å². The van der Waals surface area contributed by atoms with Crippen molar-refractivity contribution in [2.45, 2.75) is 18.2 Å². The second-order valence-electron chi connectivity index (χ2n) is 2.81. The first-order valence-corrected chi connectivity index (χ1v) is 4.66. The summed E-state index contributed by atoms with van der Waals surface area (Å²) in [6, 6.07) is 4.87. The molecule has 0 saturated heterocycles. The van der Waals surface area contributed by atoms with Gasteiger partial charge in [0.2, 0.25) is 0 Å². The average molecular weight is 231 g/mol. The van der Waals surface area contributed by atoms with Crippen LogP contribution in [0.3, 0.4) is 0 Å². The fourth-order valence-electron chi connectivity index (χ4n) is 1.02. The molecule has 1 atom stereocenters. The number of alkyl halides is 1. The minimum Gasteiger partial charge on any atom is -0.504 e. The van der Waals surface area contributed by atoms with Crippen LogP contribution < -0.4 is 0 Å². The number of phenols is 2. The predicted molar refractivity (Wildman–Crippen MR) is 51.9 cm³/mol. The highest BCUT2D eigenvalue weighted by Crippen LogP contribution is 2.25. The van der Waals surface area contributed by atoms with Crippen LogP contribution in [-0.4, -0.2) is 15.0 Å². The van der Waals surface area contributed by atoms with Gasteiger partial charge in [0.15, 0.2) is 11.5 Å². The number of hydrogen-bond acceptors (Lipinski definition) is 2. The van der Waals surface area contributed by atoms with Crippen molar-refractivity contribution < 1.29 is 10.2 Å². The molecular formula is C9H11BrO2. The van der Waals surface area contributed by atoms with E-state index in [0.29, 0.717) is 4.83 Å². The molecule has 0 aromatic heterocycles. The molecule has 0 aliphatic heterocycles. The van der Waals surface area contributed by atoms with E-state index in [1.165, 1.54) is 6.07 Å². The molecule has 0 aliphatic carbocycles. The van der Waals surface area contributed by atoms with Crippen LogP contribution in [0.15, 0.2) is 18.2 Å². The van der Waals surface area contributed by atoms with Crippen molar-refractivity contribution in [3.05, 3.63) is 23.8 Å². The summed E-state index contributed by atoms with van der Waals surface area (Å²) in [5, 5.41) is 18.2. The van der Waals surface area contributed by atoms with E-state index >= 15 is 0 Å². The fraction of sp³-hybridized carbons (Fsp3) is 0.333. The van der Waals surface area contributed by atoms with E-state index in [9.17, 15) is 0 Å². The molecule has 1 aromatic carbocycles. The van der Waals surface area contributed by atoms with E-state index < -0.39 is 0 Å². The Morgan fingerprint density at radius 2 is 2.00 bits per heavy atom. The molecule has 0 unspecified atom stereocenters. The molecule has 0 heterocycles. The Bertz CT molecular complexity index is 271. The highest BCUT2D eigenvalue weighted by atomic mass is 79.9. The quantitative estimate of drug-likeness (QED) is 0.606. The molecule has 12 heavy (non-hydrogen) atoms. The van der Waals surface area contributed by atoms with E-state index in [-0.39, 0.29) is 11.5 Å². The van der Waals surface area contributed by atoms with Gasteiger partial charge in [-0.3, -0.25) is 0 Å². The maximum atomic E-state index is 9.15. The Kier molecular flexibility index (Phi) is 2.98. The molecule has 66 valence electrons. The lowest BCUT2D eigenvalue weighted by molar-refractivity contribution is 0.403. The number of aromatic hydroxyl groups is 2. The first-order valence-electron chi connectivity index (χ1n) is 3.74. The van der Waals surface area contributed by atoms with E-state index in [4.69, 9.17) is 10.2 Å². The first-order chi connectivity index (χ1) is 5.59. The van der Waals surface area contributed by atoms with Gasteiger partial charge in [0.05, 0.1) is 0 Å². The predicted octanol–water partition coefficient (Wildman–Crippen LogP) is 2.42. The zero-order valence-electron chi connectivity index (χ0n) is 6.79. The zero-order chi connectivity index (χ0) is 9.14. The third-order valence-electron chi connectivity index (χ3n) is 1.56. The number of phenolic OH excluding ortho intramolecular Hbond substituents is 2. The molecule has 2 N–H and O–H groups in total. The molecule has 0 amide bonds. The van der Waals surface area contributed by atoms with Crippen LogP contribution in [0.5, 0.6) is 11.5 Å². The number of benzene rings is 1. The van der Waals surface area contributed by atoms with Gasteiger partial charge in [-0.25, -0.2) is 0 Å². The smallest absolute Gasteiger partial charge is 0.157 e. The molecule has 2 nitrogen and oxygen atoms in total. The largest absolute Gasteiger partial charge is 0.504 e. The Hall–Kier alpha value is -0.700. The SMILES string of the molecule is C[C@H](Br)Cc1ccc(O)c(O)c1. The third kappa shape index (κ3) is 2.41. The van der Waals surface area contributed by atoms with Crippen LogP contribution in [0.25, 0.3) is 0 Å². The molecule has 0 spiro atoms. The van der Waals surface area contributed by atoms with E-state index in [0.717, 1.165) is 12.0 Å². The highest BCUT2D eigenvalue weighted by molar-refractivity contribution is 9.09. The van der Waals surface area contributed by atoms with Gasteiger partial charge >= 0.3 is 0 Å². The summed E-state index contributed by atoms with van der Waals surface area (Å²) in [7, 11) is 0. The monoisotopic (exact) mass is 230 g/mol. The lowest BCUT2D eigenvalue weighted by atomic mass is 10.1. The second kappa shape index (κ2) is 3.81. The first kappa shape index (κ1) is 9.39. The van der Waals surface area contributed by atoms with Crippen molar-refractivity contribution in [3.63, 3.8) is 0 Å². The maximum absolute atomic E-state index is 9.15. The number of hydrogen-bond donors (Lipinski definition) is 2. The Morgan fingerprint density at radius 3 is 2.50 bits per heavy atom. The van der Waals surface area contributed by atoms with Gasteiger partial charge in [0.1, 0.15) is 0 Å². The summed E-state index contributed by atoms with van der Waals surface area (Å²) in [4.78, 5) is 0.376. The number of halogens is 1. The molecule has 0 aliphatic rings. The van der Waals surface area contributed by atoms with Crippen molar-refractivity contribution in [1.29, 1.82) is 0 Å². The van der Waals surface area contributed by atoms with Crippen LogP contribution in [0.4, 0.5) is 0 Å². The van der Waals surface area contributed by atoms with Gasteiger partial charge in [-0.05, 0) is 24.1 Å². The van der Waals surface area contributed by atoms with Gasteiger partial charge in [0, 0.05) is 4.83 Å². The highest BCUT2D eigenvalue weighted by Gasteiger charge is 2.02. The number of rotatable bonds is 2. The normalized spacial score (nSPS) is 12.8. The topological polar surface area (TPSA) is 40.5 Å². The lowest BCUT2D eigenvalue weighted by Gasteiger charge is -2.04. The third-order valence-corrected chi connectivity index (χ3v) is 1.88. The van der Waals surface area contributed by atoms with Crippen LogP contribution in [0.2, 0.25) is 0 Å². The molecule has 1 rings (SSSR count). The van der Waals surface area contributed by atoms with E-state index in [1.807, 2.05) is 6.92 Å². The molecule has 3 heteroatoms. The van der Waals surface area contributed by atoms with Crippen molar-refractivity contribution >= 4 is 15.9 Å². The van der Waals surface area contributed by atoms with Crippen LogP contribution in [-0.2, 0) is 6.42 Å². The molecular weight excluding hydrogens is 220 g/mol. The Balaban J connectivity index is 2.82. The maximum Gasteiger partial charge on any atom is 0.157 e. The molecule has 1 aromatic rings. The van der Waals surface area contributed by atoms with Crippen molar-refractivity contribution in [3.8, 4) is 11.5 Å². The van der Waals surface area contributed by atoms with Crippen molar-refractivity contribution in [1.82, 2.24) is 0 Å². The molecule has 0 bridgehead atoms. The van der Waals surface area contributed by atoms with Gasteiger partial charge in [-0.1, -0.05) is 28.9 Å². The van der Waals surface area contributed by atoms with Crippen molar-refractivity contribution in [2.24, 2.45) is 0 Å².